The second-order valence-electron chi connectivity index (χ2n) is 7.68. The van der Waals surface area contributed by atoms with Crippen molar-refractivity contribution in [3.8, 4) is 11.5 Å². The summed E-state index contributed by atoms with van der Waals surface area (Å²) in [6, 6.07) is 4.94. The molecule has 0 amide bonds. The van der Waals surface area contributed by atoms with Crippen LogP contribution < -0.4 is 9.47 Å². The molecule has 2 aliphatic rings. The molecule has 33 heavy (non-hydrogen) atoms. The fraction of sp³-hybridized carbons (Fsp3) is 0.391. The van der Waals surface area contributed by atoms with E-state index in [4.69, 9.17) is 23.7 Å². The zero-order valence-corrected chi connectivity index (χ0v) is 18.6. The van der Waals surface area contributed by atoms with Crippen molar-refractivity contribution in [3.63, 3.8) is 0 Å². The van der Waals surface area contributed by atoms with E-state index < -0.39 is 12.3 Å². The Hall–Kier alpha value is -3.66. The first kappa shape index (κ1) is 22.5. The molecule has 0 spiro atoms. The van der Waals surface area contributed by atoms with Gasteiger partial charge in [0.25, 0.3) is 0 Å². The molecule has 1 aliphatic carbocycles. The third-order valence-electron chi connectivity index (χ3n) is 5.80. The van der Waals surface area contributed by atoms with E-state index in [0.29, 0.717) is 41.3 Å². The summed E-state index contributed by atoms with van der Waals surface area (Å²) in [5.74, 6) is 0.363. The zero-order chi connectivity index (χ0) is 23.4. The quantitative estimate of drug-likeness (QED) is 0.319. The first-order chi connectivity index (χ1) is 16.1. The van der Waals surface area contributed by atoms with Gasteiger partial charge in [-0.2, -0.15) is 0 Å². The summed E-state index contributed by atoms with van der Waals surface area (Å²) in [5, 5.41) is 8.37. The maximum atomic E-state index is 12.1. The van der Waals surface area contributed by atoms with Gasteiger partial charge in [-0.25, -0.2) is 9.48 Å². The summed E-state index contributed by atoms with van der Waals surface area (Å²) < 4.78 is 28.8. The van der Waals surface area contributed by atoms with E-state index in [2.05, 4.69) is 16.4 Å². The zero-order valence-electron chi connectivity index (χ0n) is 18.6. The van der Waals surface area contributed by atoms with Crippen LogP contribution in [0.15, 0.2) is 47.9 Å². The summed E-state index contributed by atoms with van der Waals surface area (Å²) in [6.07, 6.45) is 6.24. The standard InChI is InChI=1S/C23H25N3O7/c1-29-19-7-4-14(11-27)8-20(19)32-12-16-10-26(25-24-16)9-15-5-6-17-18(22(28)30-2)13-33-23(31-3)21(15)17/h4-5,7-8,10-11,13,17,21,23H,6,9,12H2,1-3H3/t17-,21-,23-/m1/s1. The number of carbonyl (C=O) groups is 2. The van der Waals surface area contributed by atoms with E-state index in [1.54, 1.807) is 36.2 Å². The summed E-state index contributed by atoms with van der Waals surface area (Å²) in [6.45, 7) is 0.624. The highest BCUT2D eigenvalue weighted by atomic mass is 16.7. The molecule has 3 atom stereocenters. The van der Waals surface area contributed by atoms with Crippen LogP contribution in [-0.2, 0) is 32.2 Å². The number of fused-ring (bicyclic) bond motifs is 1. The Kier molecular flexibility index (Phi) is 6.74. The van der Waals surface area contributed by atoms with Crippen LogP contribution in [-0.4, -0.2) is 54.9 Å². The van der Waals surface area contributed by atoms with Gasteiger partial charge in [0.1, 0.15) is 18.6 Å². The monoisotopic (exact) mass is 455 g/mol. The summed E-state index contributed by atoms with van der Waals surface area (Å²) in [7, 11) is 4.46. The Morgan fingerprint density at radius 3 is 2.85 bits per heavy atom. The van der Waals surface area contributed by atoms with Gasteiger partial charge in [-0.3, -0.25) is 4.79 Å². The number of benzene rings is 1. The lowest BCUT2D eigenvalue weighted by atomic mass is 9.83. The molecule has 0 saturated carbocycles. The smallest absolute Gasteiger partial charge is 0.337 e. The van der Waals surface area contributed by atoms with E-state index >= 15 is 0 Å². The molecule has 1 aromatic carbocycles. The van der Waals surface area contributed by atoms with E-state index in [0.717, 1.165) is 11.9 Å². The van der Waals surface area contributed by atoms with Crippen LogP contribution in [0.5, 0.6) is 11.5 Å². The van der Waals surface area contributed by atoms with E-state index in [-0.39, 0.29) is 18.4 Å². The van der Waals surface area contributed by atoms with Gasteiger partial charge < -0.3 is 23.7 Å². The van der Waals surface area contributed by atoms with Crippen molar-refractivity contribution in [2.45, 2.75) is 25.9 Å². The number of methoxy groups -OCH3 is 3. The number of hydrogen-bond donors (Lipinski definition) is 0. The third-order valence-corrected chi connectivity index (χ3v) is 5.80. The molecule has 0 bridgehead atoms. The minimum Gasteiger partial charge on any atom is -0.493 e. The van der Waals surface area contributed by atoms with Gasteiger partial charge in [-0.05, 0) is 30.2 Å². The van der Waals surface area contributed by atoms with Crippen LogP contribution in [0.3, 0.4) is 0 Å². The Morgan fingerprint density at radius 2 is 2.12 bits per heavy atom. The Bertz CT molecular complexity index is 1090. The van der Waals surface area contributed by atoms with Gasteiger partial charge in [0.2, 0.25) is 6.29 Å². The topological polar surface area (TPSA) is 111 Å². The van der Waals surface area contributed by atoms with Crippen LogP contribution in [0.4, 0.5) is 0 Å². The number of carbonyl (C=O) groups excluding carboxylic acids is 2. The van der Waals surface area contributed by atoms with Crippen molar-refractivity contribution in [2.75, 3.05) is 21.3 Å². The van der Waals surface area contributed by atoms with Gasteiger partial charge in [-0.15, -0.1) is 5.10 Å². The van der Waals surface area contributed by atoms with Gasteiger partial charge in [0, 0.05) is 18.6 Å². The number of ether oxygens (including phenoxy) is 5. The van der Waals surface area contributed by atoms with Crippen LogP contribution in [0.25, 0.3) is 0 Å². The predicted octanol–water partition coefficient (Wildman–Crippen LogP) is 2.30. The van der Waals surface area contributed by atoms with Crippen LogP contribution in [0.2, 0.25) is 0 Å². The molecule has 2 heterocycles. The fourth-order valence-corrected chi connectivity index (χ4v) is 4.21. The molecule has 0 N–H and O–H groups in total. The van der Waals surface area contributed by atoms with Gasteiger partial charge in [0.05, 0.1) is 44.7 Å². The number of rotatable bonds is 9. The van der Waals surface area contributed by atoms with Crippen molar-refractivity contribution in [3.05, 3.63) is 59.1 Å². The van der Waals surface area contributed by atoms with Crippen molar-refractivity contribution in [1.29, 1.82) is 0 Å². The van der Waals surface area contributed by atoms with Crippen molar-refractivity contribution in [2.24, 2.45) is 11.8 Å². The number of aldehydes is 1. The Labute approximate surface area is 190 Å². The summed E-state index contributed by atoms with van der Waals surface area (Å²) in [4.78, 5) is 23.2. The minimum absolute atomic E-state index is 0.0740. The van der Waals surface area contributed by atoms with Crippen LogP contribution in [0.1, 0.15) is 22.5 Å². The molecule has 10 heteroatoms. The Morgan fingerprint density at radius 1 is 1.27 bits per heavy atom. The average Bonchev–Trinajstić information content (AvgIpc) is 3.49. The molecule has 0 saturated heterocycles. The van der Waals surface area contributed by atoms with Gasteiger partial charge in [0.15, 0.2) is 11.5 Å². The maximum Gasteiger partial charge on any atom is 0.337 e. The second kappa shape index (κ2) is 9.86. The molecule has 174 valence electrons. The van der Waals surface area contributed by atoms with E-state index in [9.17, 15) is 9.59 Å². The maximum absolute atomic E-state index is 12.1. The normalized spacial score (nSPS) is 21.4. The lowest BCUT2D eigenvalue weighted by Crippen LogP contribution is -2.37. The number of allylic oxidation sites excluding steroid dienone is 1. The average molecular weight is 455 g/mol. The van der Waals surface area contributed by atoms with Crippen molar-refractivity contribution in [1.82, 2.24) is 15.0 Å². The molecule has 0 radical (unpaired) electrons. The number of nitrogens with zero attached hydrogens (tertiary/aromatic N) is 3. The first-order valence-corrected chi connectivity index (χ1v) is 10.4. The van der Waals surface area contributed by atoms with E-state index in [1.165, 1.54) is 20.5 Å². The number of esters is 1. The molecule has 10 nitrogen and oxygen atoms in total. The Balaban J connectivity index is 1.43. The molecular formula is C23H25N3O7. The molecule has 1 aliphatic heterocycles. The lowest BCUT2D eigenvalue weighted by molar-refractivity contribution is -0.146. The molecule has 4 rings (SSSR count). The lowest BCUT2D eigenvalue weighted by Gasteiger charge is -2.34. The largest absolute Gasteiger partial charge is 0.493 e. The van der Waals surface area contributed by atoms with Crippen LogP contribution in [0, 0.1) is 11.8 Å². The fourth-order valence-electron chi connectivity index (χ4n) is 4.21. The summed E-state index contributed by atoms with van der Waals surface area (Å²) in [5.41, 5.74) is 2.64. The molecular weight excluding hydrogens is 430 g/mol. The highest BCUT2D eigenvalue weighted by molar-refractivity contribution is 5.89. The van der Waals surface area contributed by atoms with Gasteiger partial charge >= 0.3 is 5.97 Å². The van der Waals surface area contributed by atoms with Crippen molar-refractivity contribution >= 4 is 12.3 Å². The van der Waals surface area contributed by atoms with Crippen LogP contribution >= 0.6 is 0 Å². The minimum atomic E-state index is -0.499. The predicted molar refractivity (Wildman–Crippen MR) is 114 cm³/mol. The molecule has 0 unspecified atom stereocenters. The number of hydrogen-bond acceptors (Lipinski definition) is 9. The number of aromatic nitrogens is 3. The molecule has 0 fully saturated rings. The first-order valence-electron chi connectivity index (χ1n) is 10.4. The molecule has 2 aromatic rings. The second-order valence-corrected chi connectivity index (χ2v) is 7.68. The van der Waals surface area contributed by atoms with E-state index in [1.807, 2.05) is 0 Å². The highest BCUT2D eigenvalue weighted by Crippen LogP contribution is 2.44. The SMILES string of the molecule is COC(=O)C1=CO[C@@H](OC)[C@@H]2C(Cn3cc(COc4cc(C=O)ccc4OC)nn3)=CC[C@H]12. The third kappa shape index (κ3) is 4.61. The van der Waals surface area contributed by atoms with Crippen molar-refractivity contribution < 1.29 is 33.3 Å². The van der Waals surface area contributed by atoms with Gasteiger partial charge in [-0.1, -0.05) is 11.3 Å². The molecule has 1 aromatic heterocycles. The summed E-state index contributed by atoms with van der Waals surface area (Å²) >= 11 is 0. The highest BCUT2D eigenvalue weighted by Gasteiger charge is 2.44.